The van der Waals surface area contributed by atoms with E-state index in [4.69, 9.17) is 5.73 Å². The van der Waals surface area contributed by atoms with Gasteiger partial charge in [-0.05, 0) is 47.7 Å². The molecule has 2 rings (SSSR count). The monoisotopic (exact) mass is 299 g/mol. The first-order chi connectivity index (χ1) is 6.68. The predicted octanol–water partition coefficient (Wildman–Crippen LogP) is 2.37. The molecule has 2 aromatic rings. The molecule has 1 heterocycles. The molecule has 3 nitrogen and oxygen atoms in total. The summed E-state index contributed by atoms with van der Waals surface area (Å²) in [7, 11) is 0. The summed E-state index contributed by atoms with van der Waals surface area (Å²) in [6.45, 7) is 1.98. The number of anilines is 1. The lowest BCUT2D eigenvalue weighted by molar-refractivity contribution is 0.969. The average molecular weight is 299 g/mol. The van der Waals surface area contributed by atoms with Gasteiger partial charge < -0.3 is 10.3 Å². The van der Waals surface area contributed by atoms with Crippen LogP contribution in [0.15, 0.2) is 30.6 Å². The van der Waals surface area contributed by atoms with Gasteiger partial charge in [0.25, 0.3) is 0 Å². The Balaban J connectivity index is 2.58. The largest absolute Gasteiger partial charge is 0.399 e. The van der Waals surface area contributed by atoms with E-state index in [1.54, 1.807) is 6.20 Å². The van der Waals surface area contributed by atoms with Crippen LogP contribution >= 0.6 is 22.6 Å². The summed E-state index contributed by atoms with van der Waals surface area (Å²) in [5, 5.41) is 0. The summed E-state index contributed by atoms with van der Waals surface area (Å²) < 4.78 is 3.17. The van der Waals surface area contributed by atoms with Gasteiger partial charge in [-0.15, -0.1) is 0 Å². The molecule has 4 heteroatoms. The number of nitrogens with zero attached hydrogens (tertiary/aromatic N) is 2. The lowest BCUT2D eigenvalue weighted by atomic mass is 10.3. The van der Waals surface area contributed by atoms with Crippen molar-refractivity contribution in [1.29, 1.82) is 0 Å². The Labute approximate surface area is 96.1 Å². The molecular formula is C10H10IN3. The van der Waals surface area contributed by atoms with Gasteiger partial charge in [-0.25, -0.2) is 4.98 Å². The van der Waals surface area contributed by atoms with Gasteiger partial charge in [-0.2, -0.15) is 0 Å². The molecule has 0 saturated heterocycles. The van der Waals surface area contributed by atoms with Crippen LogP contribution in [-0.2, 0) is 0 Å². The van der Waals surface area contributed by atoms with Crippen molar-refractivity contribution in [2.45, 2.75) is 6.92 Å². The standard InChI is InChI=1S/C10H10IN3/c1-7-13-4-5-14(7)10-3-2-8(12)6-9(10)11/h2-6H,12H2,1H3. The number of hydrogen-bond donors (Lipinski definition) is 1. The molecule has 0 aliphatic rings. The number of nitrogens with two attached hydrogens (primary N) is 1. The third-order valence-corrected chi connectivity index (χ3v) is 2.92. The zero-order valence-corrected chi connectivity index (χ0v) is 9.89. The molecule has 1 aromatic heterocycles. The van der Waals surface area contributed by atoms with Crippen molar-refractivity contribution in [2.24, 2.45) is 0 Å². The zero-order valence-electron chi connectivity index (χ0n) is 7.74. The maximum absolute atomic E-state index is 5.69. The lowest BCUT2D eigenvalue weighted by Crippen LogP contribution is -1.99. The van der Waals surface area contributed by atoms with E-state index in [1.807, 2.05) is 35.9 Å². The van der Waals surface area contributed by atoms with Crippen molar-refractivity contribution >= 4 is 28.3 Å². The van der Waals surface area contributed by atoms with Gasteiger partial charge in [0.2, 0.25) is 0 Å². The molecule has 0 atom stereocenters. The highest BCUT2D eigenvalue weighted by Crippen LogP contribution is 2.20. The minimum atomic E-state index is 0.788. The zero-order chi connectivity index (χ0) is 10.1. The van der Waals surface area contributed by atoms with Crippen LogP contribution in [0.2, 0.25) is 0 Å². The summed E-state index contributed by atoms with van der Waals surface area (Å²) in [4.78, 5) is 4.18. The summed E-state index contributed by atoms with van der Waals surface area (Å²) >= 11 is 2.28. The second-order valence-electron chi connectivity index (χ2n) is 3.06. The number of imidazole rings is 1. The summed E-state index contributed by atoms with van der Waals surface area (Å²) in [6, 6.07) is 5.86. The Morgan fingerprint density at radius 1 is 1.43 bits per heavy atom. The Hall–Kier alpha value is -1.04. The number of halogens is 1. The Bertz CT molecular complexity index is 462. The van der Waals surface area contributed by atoms with Crippen LogP contribution in [-0.4, -0.2) is 9.55 Å². The number of aromatic nitrogens is 2. The fourth-order valence-electron chi connectivity index (χ4n) is 1.35. The highest BCUT2D eigenvalue weighted by molar-refractivity contribution is 14.1. The third-order valence-electron chi connectivity index (χ3n) is 2.06. The van der Waals surface area contributed by atoms with Crippen LogP contribution in [0.25, 0.3) is 5.69 Å². The van der Waals surface area contributed by atoms with E-state index < -0.39 is 0 Å². The van der Waals surface area contributed by atoms with Gasteiger partial charge in [0, 0.05) is 21.7 Å². The molecule has 0 fully saturated rings. The molecule has 2 N–H and O–H groups in total. The van der Waals surface area contributed by atoms with Crippen LogP contribution in [0.4, 0.5) is 5.69 Å². The molecule has 0 aliphatic carbocycles. The molecule has 1 aromatic carbocycles. The highest BCUT2D eigenvalue weighted by atomic mass is 127. The number of nitrogen functional groups attached to an aromatic ring is 1. The van der Waals surface area contributed by atoms with E-state index in [9.17, 15) is 0 Å². The Kier molecular flexibility index (Phi) is 2.45. The first kappa shape index (κ1) is 9.51. The fraction of sp³-hybridized carbons (Fsp3) is 0.100. The molecule has 72 valence electrons. The lowest BCUT2D eigenvalue weighted by Gasteiger charge is -2.07. The van der Waals surface area contributed by atoms with E-state index >= 15 is 0 Å². The van der Waals surface area contributed by atoms with Crippen molar-refractivity contribution in [3.05, 3.63) is 40.0 Å². The summed E-state index contributed by atoms with van der Waals surface area (Å²) in [5.41, 5.74) is 7.60. The van der Waals surface area contributed by atoms with Gasteiger partial charge in [-0.3, -0.25) is 0 Å². The van der Waals surface area contributed by atoms with E-state index in [-0.39, 0.29) is 0 Å². The van der Waals surface area contributed by atoms with E-state index in [0.29, 0.717) is 0 Å². The maximum Gasteiger partial charge on any atom is 0.110 e. The van der Waals surface area contributed by atoms with Gasteiger partial charge in [-0.1, -0.05) is 0 Å². The predicted molar refractivity (Wildman–Crippen MR) is 65.4 cm³/mol. The topological polar surface area (TPSA) is 43.8 Å². The molecule has 0 aliphatic heterocycles. The van der Waals surface area contributed by atoms with Crippen LogP contribution in [0.3, 0.4) is 0 Å². The van der Waals surface area contributed by atoms with Gasteiger partial charge in [0.15, 0.2) is 0 Å². The minimum Gasteiger partial charge on any atom is -0.399 e. The molecule has 0 spiro atoms. The van der Waals surface area contributed by atoms with Crippen molar-refractivity contribution in [2.75, 3.05) is 5.73 Å². The van der Waals surface area contributed by atoms with Crippen molar-refractivity contribution in [1.82, 2.24) is 9.55 Å². The van der Waals surface area contributed by atoms with E-state index in [2.05, 4.69) is 27.6 Å². The fourth-order valence-corrected chi connectivity index (χ4v) is 2.15. The van der Waals surface area contributed by atoms with Gasteiger partial charge in [0.1, 0.15) is 5.82 Å². The second kappa shape index (κ2) is 3.61. The number of aryl methyl sites for hydroxylation is 1. The van der Waals surface area contributed by atoms with Crippen LogP contribution < -0.4 is 5.73 Å². The maximum atomic E-state index is 5.69. The van der Waals surface area contributed by atoms with Crippen molar-refractivity contribution in [3.63, 3.8) is 0 Å². The summed E-state index contributed by atoms with van der Waals surface area (Å²) in [6.07, 6.45) is 3.74. The number of hydrogen-bond acceptors (Lipinski definition) is 2. The third kappa shape index (κ3) is 1.61. The van der Waals surface area contributed by atoms with E-state index in [1.165, 1.54) is 0 Å². The quantitative estimate of drug-likeness (QED) is 0.649. The van der Waals surface area contributed by atoms with Gasteiger partial charge >= 0.3 is 0 Å². The molecule has 0 amide bonds. The molecule has 0 saturated carbocycles. The van der Waals surface area contributed by atoms with Crippen LogP contribution in [0, 0.1) is 10.5 Å². The molecule has 0 unspecified atom stereocenters. The minimum absolute atomic E-state index is 0.788. The highest BCUT2D eigenvalue weighted by Gasteiger charge is 2.04. The summed E-state index contributed by atoms with van der Waals surface area (Å²) in [5.74, 6) is 0.979. The SMILES string of the molecule is Cc1nccn1-c1ccc(N)cc1I. The number of benzene rings is 1. The first-order valence-electron chi connectivity index (χ1n) is 4.24. The average Bonchev–Trinajstić information content (AvgIpc) is 2.52. The van der Waals surface area contributed by atoms with Crippen molar-refractivity contribution < 1.29 is 0 Å². The first-order valence-corrected chi connectivity index (χ1v) is 5.31. The molecule has 0 radical (unpaired) electrons. The van der Waals surface area contributed by atoms with Crippen LogP contribution in [0.5, 0.6) is 0 Å². The number of rotatable bonds is 1. The Morgan fingerprint density at radius 2 is 2.21 bits per heavy atom. The second-order valence-corrected chi connectivity index (χ2v) is 4.22. The molecular weight excluding hydrogens is 289 g/mol. The smallest absolute Gasteiger partial charge is 0.110 e. The van der Waals surface area contributed by atoms with Gasteiger partial charge in [0.05, 0.1) is 5.69 Å². The normalized spacial score (nSPS) is 10.4. The van der Waals surface area contributed by atoms with Crippen molar-refractivity contribution in [3.8, 4) is 5.69 Å². The van der Waals surface area contributed by atoms with E-state index in [0.717, 1.165) is 20.8 Å². The Morgan fingerprint density at radius 3 is 2.79 bits per heavy atom. The molecule has 14 heavy (non-hydrogen) atoms. The molecule has 0 bridgehead atoms. The van der Waals surface area contributed by atoms with Crippen LogP contribution in [0.1, 0.15) is 5.82 Å².